The number of hydrogen-bond donors (Lipinski definition) is 3. The van der Waals surface area contributed by atoms with Gasteiger partial charge < -0.3 is 5.11 Å². The lowest BCUT2D eigenvalue weighted by Crippen LogP contribution is -1.96. The number of aromatic amines is 2. The van der Waals surface area contributed by atoms with Crippen molar-refractivity contribution in [2.24, 2.45) is 0 Å². The predicted octanol–water partition coefficient (Wildman–Crippen LogP) is -0.283. The Labute approximate surface area is 45.1 Å². The van der Waals surface area contributed by atoms with Crippen LogP contribution in [-0.4, -0.2) is 15.3 Å². The largest absolute Gasteiger partial charge is 0.502 e. The molecule has 0 atom stereocenters. The van der Waals surface area contributed by atoms with Gasteiger partial charge in [-0.1, -0.05) is 0 Å². The summed E-state index contributed by atoms with van der Waals surface area (Å²) >= 11 is 0. The summed E-state index contributed by atoms with van der Waals surface area (Å²) in [6.45, 7) is 1.60. The lowest BCUT2D eigenvalue weighted by molar-refractivity contribution is 0.466. The molecule has 0 fully saturated rings. The van der Waals surface area contributed by atoms with E-state index in [9.17, 15) is 4.79 Å². The fourth-order valence-electron chi connectivity index (χ4n) is 0.439. The fourth-order valence-corrected chi connectivity index (χ4v) is 0.439. The zero-order chi connectivity index (χ0) is 6.15. The lowest BCUT2D eigenvalue weighted by Gasteiger charge is -1.77. The van der Waals surface area contributed by atoms with Crippen LogP contribution in [0.4, 0.5) is 0 Å². The number of aryl methyl sites for hydroxylation is 1. The quantitative estimate of drug-likeness (QED) is 0.434. The number of hydrogen-bond acceptors (Lipinski definition) is 2. The molecule has 4 heteroatoms. The molecule has 1 aromatic heterocycles. The molecule has 0 saturated heterocycles. The van der Waals surface area contributed by atoms with E-state index in [0.717, 1.165) is 0 Å². The maximum absolute atomic E-state index is 10.3. The van der Waals surface area contributed by atoms with Gasteiger partial charge in [0.1, 0.15) is 0 Å². The Bertz CT molecular complexity index is 234. The first-order valence-electron chi connectivity index (χ1n) is 2.18. The van der Waals surface area contributed by atoms with Crippen LogP contribution in [0, 0.1) is 6.92 Å². The van der Waals surface area contributed by atoms with Crippen LogP contribution < -0.4 is 5.56 Å². The Morgan fingerprint density at radius 1 is 1.50 bits per heavy atom. The number of aromatic hydroxyl groups is 1. The second-order valence-electron chi connectivity index (χ2n) is 1.55. The van der Waals surface area contributed by atoms with Crippen molar-refractivity contribution in [3.8, 4) is 5.75 Å². The van der Waals surface area contributed by atoms with E-state index in [1.807, 2.05) is 0 Å². The summed E-state index contributed by atoms with van der Waals surface area (Å²) in [5.41, 5.74) is -0.00231. The highest BCUT2D eigenvalue weighted by Gasteiger charge is 1.99. The van der Waals surface area contributed by atoms with Crippen LogP contribution in [0.3, 0.4) is 0 Å². The van der Waals surface area contributed by atoms with Gasteiger partial charge in [0.25, 0.3) is 0 Å². The standard InChI is InChI=1S/C4H6N2O2/c1-2-3(7)4(8)6-5-2/h7H,1H3,(H2,5,6,8). The van der Waals surface area contributed by atoms with Crippen LogP contribution in [0.15, 0.2) is 4.79 Å². The molecule has 0 amide bonds. The van der Waals surface area contributed by atoms with Crippen molar-refractivity contribution in [1.82, 2.24) is 10.2 Å². The van der Waals surface area contributed by atoms with E-state index >= 15 is 0 Å². The number of aromatic nitrogens is 2. The third-order valence-corrected chi connectivity index (χ3v) is 0.934. The topological polar surface area (TPSA) is 68.9 Å². The summed E-state index contributed by atoms with van der Waals surface area (Å²) in [4.78, 5) is 10.3. The Morgan fingerprint density at radius 2 is 2.12 bits per heavy atom. The minimum Gasteiger partial charge on any atom is -0.502 e. The van der Waals surface area contributed by atoms with E-state index in [4.69, 9.17) is 5.11 Å². The first-order valence-corrected chi connectivity index (χ1v) is 2.18. The second kappa shape index (κ2) is 1.40. The monoisotopic (exact) mass is 114 g/mol. The van der Waals surface area contributed by atoms with Gasteiger partial charge in [0.05, 0.1) is 5.69 Å². The minimum atomic E-state index is -0.470. The van der Waals surface area contributed by atoms with Crippen LogP contribution in [0.2, 0.25) is 0 Å². The molecule has 0 aliphatic carbocycles. The molecule has 0 spiro atoms. The number of rotatable bonds is 0. The van der Waals surface area contributed by atoms with Gasteiger partial charge in [-0.05, 0) is 6.92 Å². The first kappa shape index (κ1) is 4.96. The zero-order valence-corrected chi connectivity index (χ0v) is 4.36. The number of H-pyrrole nitrogens is 2. The van der Waals surface area contributed by atoms with Gasteiger partial charge in [0.2, 0.25) is 5.75 Å². The molecule has 3 N–H and O–H groups in total. The van der Waals surface area contributed by atoms with Gasteiger partial charge >= 0.3 is 5.56 Å². The molecule has 0 unspecified atom stereocenters. The second-order valence-corrected chi connectivity index (χ2v) is 1.55. The van der Waals surface area contributed by atoms with Gasteiger partial charge in [-0.3, -0.25) is 15.0 Å². The molecule has 0 saturated carbocycles. The average molecular weight is 114 g/mol. The molecule has 0 radical (unpaired) electrons. The average Bonchev–Trinajstić information content (AvgIpc) is 1.98. The Morgan fingerprint density at radius 3 is 2.25 bits per heavy atom. The molecule has 0 aliphatic rings. The molecular weight excluding hydrogens is 108 g/mol. The summed E-state index contributed by atoms with van der Waals surface area (Å²) in [7, 11) is 0. The molecule has 0 aromatic carbocycles. The van der Waals surface area contributed by atoms with Crippen molar-refractivity contribution in [1.29, 1.82) is 0 Å². The van der Waals surface area contributed by atoms with Crippen molar-refractivity contribution < 1.29 is 5.11 Å². The maximum Gasteiger partial charge on any atom is 0.306 e. The third kappa shape index (κ3) is 0.501. The zero-order valence-electron chi connectivity index (χ0n) is 4.36. The highest BCUT2D eigenvalue weighted by molar-refractivity contribution is 5.19. The predicted molar refractivity (Wildman–Crippen MR) is 27.8 cm³/mol. The fraction of sp³-hybridized carbons (Fsp3) is 0.250. The Balaban J connectivity index is 3.41. The molecule has 0 bridgehead atoms. The van der Waals surface area contributed by atoms with Gasteiger partial charge in [0.15, 0.2) is 0 Å². The molecule has 1 rings (SSSR count). The van der Waals surface area contributed by atoms with Crippen molar-refractivity contribution in [3.63, 3.8) is 0 Å². The first-order chi connectivity index (χ1) is 3.72. The molecule has 1 heterocycles. The van der Waals surface area contributed by atoms with Crippen LogP contribution in [0.25, 0.3) is 0 Å². The van der Waals surface area contributed by atoms with Crippen molar-refractivity contribution in [2.75, 3.05) is 0 Å². The van der Waals surface area contributed by atoms with E-state index < -0.39 is 5.56 Å². The Hall–Kier alpha value is -1.19. The summed E-state index contributed by atoms with van der Waals surface area (Å²) in [5, 5.41) is 13.3. The number of nitrogens with one attached hydrogen (secondary N) is 2. The molecule has 1 aromatic rings. The minimum absolute atomic E-state index is 0.231. The van der Waals surface area contributed by atoms with E-state index in [-0.39, 0.29) is 5.75 Å². The van der Waals surface area contributed by atoms with E-state index in [0.29, 0.717) is 5.69 Å². The van der Waals surface area contributed by atoms with Gasteiger partial charge in [-0.2, -0.15) is 0 Å². The van der Waals surface area contributed by atoms with Crippen molar-refractivity contribution >= 4 is 0 Å². The van der Waals surface area contributed by atoms with E-state index in [1.54, 1.807) is 6.92 Å². The molecule has 44 valence electrons. The Kier molecular flexibility index (Phi) is 0.865. The molecule has 0 aliphatic heterocycles. The summed E-state index contributed by atoms with van der Waals surface area (Å²) in [6, 6.07) is 0. The molecule has 8 heavy (non-hydrogen) atoms. The van der Waals surface area contributed by atoms with Crippen LogP contribution in [-0.2, 0) is 0 Å². The van der Waals surface area contributed by atoms with Crippen LogP contribution in [0.5, 0.6) is 5.75 Å². The lowest BCUT2D eigenvalue weighted by atomic mass is 10.5. The smallest absolute Gasteiger partial charge is 0.306 e. The third-order valence-electron chi connectivity index (χ3n) is 0.934. The van der Waals surface area contributed by atoms with Gasteiger partial charge in [-0.25, -0.2) is 0 Å². The van der Waals surface area contributed by atoms with Gasteiger partial charge in [0, 0.05) is 0 Å². The SMILES string of the molecule is Cc1[nH][nH]c(=O)c1O. The molecule has 4 nitrogen and oxygen atoms in total. The maximum atomic E-state index is 10.3. The van der Waals surface area contributed by atoms with Crippen molar-refractivity contribution in [3.05, 3.63) is 16.0 Å². The van der Waals surface area contributed by atoms with Crippen LogP contribution in [0.1, 0.15) is 5.69 Å². The van der Waals surface area contributed by atoms with Crippen LogP contribution >= 0.6 is 0 Å². The summed E-state index contributed by atoms with van der Waals surface area (Å²) < 4.78 is 0. The highest BCUT2D eigenvalue weighted by Crippen LogP contribution is 2.01. The molecular formula is C4H6N2O2. The highest BCUT2D eigenvalue weighted by atomic mass is 16.3. The van der Waals surface area contributed by atoms with E-state index in [2.05, 4.69) is 10.2 Å². The van der Waals surface area contributed by atoms with E-state index in [1.165, 1.54) is 0 Å². The van der Waals surface area contributed by atoms with Gasteiger partial charge in [-0.15, -0.1) is 0 Å². The normalized spacial score (nSPS) is 9.62. The summed E-state index contributed by atoms with van der Waals surface area (Å²) in [6.07, 6.45) is 0. The summed E-state index contributed by atoms with van der Waals surface area (Å²) in [5.74, 6) is -0.231. The van der Waals surface area contributed by atoms with Crippen molar-refractivity contribution in [2.45, 2.75) is 6.92 Å².